The first-order valence-corrected chi connectivity index (χ1v) is 5.74. The summed E-state index contributed by atoms with van der Waals surface area (Å²) >= 11 is 0. The number of para-hydroxylation sites is 1. The van der Waals surface area contributed by atoms with Crippen LogP contribution in [0.15, 0.2) is 42.5 Å². The van der Waals surface area contributed by atoms with Crippen molar-refractivity contribution in [1.29, 1.82) is 0 Å². The minimum atomic E-state index is -0.659. The first kappa shape index (κ1) is 13.5. The maximum atomic E-state index is 12.9. The van der Waals surface area contributed by atoms with Crippen LogP contribution in [0.2, 0.25) is 0 Å². The predicted molar refractivity (Wildman–Crippen MR) is 73.7 cm³/mol. The molecule has 0 aliphatic carbocycles. The number of primary amides is 1. The fraction of sp³-hybridized carbons (Fsp3) is 0. The van der Waals surface area contributed by atoms with Gasteiger partial charge in [0.25, 0.3) is 11.8 Å². The van der Waals surface area contributed by atoms with Crippen LogP contribution >= 0.6 is 0 Å². The maximum absolute atomic E-state index is 12.9. The monoisotopic (exact) mass is 273 g/mol. The molecule has 6 heteroatoms. The summed E-state index contributed by atoms with van der Waals surface area (Å²) in [6, 6.07) is 9.76. The summed E-state index contributed by atoms with van der Waals surface area (Å²) in [7, 11) is 0. The molecule has 0 heterocycles. The lowest BCUT2D eigenvalue weighted by molar-refractivity contribution is 0.100. The maximum Gasteiger partial charge on any atom is 0.257 e. The zero-order valence-electron chi connectivity index (χ0n) is 10.4. The van der Waals surface area contributed by atoms with E-state index in [4.69, 9.17) is 11.5 Å². The number of hydrogen-bond donors (Lipinski definition) is 3. The number of carbonyl (C=O) groups excluding carboxylic acids is 2. The molecule has 0 atom stereocenters. The molecule has 2 rings (SSSR count). The van der Waals surface area contributed by atoms with Gasteiger partial charge < -0.3 is 16.8 Å². The lowest BCUT2D eigenvalue weighted by Gasteiger charge is -2.10. The second kappa shape index (κ2) is 5.40. The molecule has 0 fully saturated rings. The summed E-state index contributed by atoms with van der Waals surface area (Å²) in [5.74, 6) is -1.74. The zero-order valence-corrected chi connectivity index (χ0v) is 10.4. The number of nitrogen functional groups attached to an aromatic ring is 1. The average molecular weight is 273 g/mol. The third-order valence-corrected chi connectivity index (χ3v) is 2.70. The molecule has 0 saturated heterocycles. The van der Waals surface area contributed by atoms with Crippen molar-refractivity contribution >= 4 is 23.2 Å². The Morgan fingerprint density at radius 1 is 1.05 bits per heavy atom. The van der Waals surface area contributed by atoms with Gasteiger partial charge in [-0.15, -0.1) is 0 Å². The molecular weight excluding hydrogens is 261 g/mol. The Labute approximate surface area is 114 Å². The lowest BCUT2D eigenvalue weighted by Crippen LogP contribution is -2.19. The molecule has 0 bridgehead atoms. The van der Waals surface area contributed by atoms with Gasteiger partial charge in [0.05, 0.1) is 16.8 Å². The molecule has 5 nitrogen and oxygen atoms in total. The topological polar surface area (TPSA) is 98.2 Å². The number of nitrogens with one attached hydrogen (secondary N) is 1. The van der Waals surface area contributed by atoms with E-state index in [0.29, 0.717) is 0 Å². The van der Waals surface area contributed by atoms with Crippen LogP contribution in [-0.4, -0.2) is 11.8 Å². The summed E-state index contributed by atoms with van der Waals surface area (Å²) in [6.07, 6.45) is 0. The molecule has 2 aromatic carbocycles. The summed E-state index contributed by atoms with van der Waals surface area (Å²) in [5, 5.41) is 2.53. The van der Waals surface area contributed by atoms with E-state index in [1.165, 1.54) is 18.2 Å². The quantitative estimate of drug-likeness (QED) is 0.743. The zero-order chi connectivity index (χ0) is 14.7. The Morgan fingerprint density at radius 2 is 1.75 bits per heavy atom. The summed E-state index contributed by atoms with van der Waals surface area (Å²) < 4.78 is 12.9. The molecule has 2 amide bonds. The van der Waals surface area contributed by atoms with Gasteiger partial charge in [-0.1, -0.05) is 12.1 Å². The molecule has 102 valence electrons. The van der Waals surface area contributed by atoms with E-state index < -0.39 is 17.6 Å². The summed E-state index contributed by atoms with van der Waals surface area (Å²) in [4.78, 5) is 23.3. The molecular formula is C14H12FN3O2. The van der Waals surface area contributed by atoms with Crippen molar-refractivity contribution in [3.8, 4) is 0 Å². The minimum Gasteiger partial charge on any atom is -0.398 e. The van der Waals surface area contributed by atoms with Crippen LogP contribution in [0.5, 0.6) is 0 Å². The van der Waals surface area contributed by atoms with Crippen molar-refractivity contribution in [3.05, 3.63) is 59.4 Å². The van der Waals surface area contributed by atoms with E-state index in [0.717, 1.165) is 12.1 Å². The number of hydrogen-bond acceptors (Lipinski definition) is 3. The van der Waals surface area contributed by atoms with Crippen LogP contribution < -0.4 is 16.8 Å². The Bertz CT molecular complexity index is 686. The highest BCUT2D eigenvalue weighted by Gasteiger charge is 2.14. The number of benzene rings is 2. The largest absolute Gasteiger partial charge is 0.398 e. The summed E-state index contributed by atoms with van der Waals surface area (Å²) in [6.45, 7) is 0. The van der Waals surface area contributed by atoms with Gasteiger partial charge in [0, 0.05) is 5.69 Å². The van der Waals surface area contributed by atoms with E-state index in [1.54, 1.807) is 12.1 Å². The standard InChI is InChI=1S/C14H12FN3O2/c15-8-5-6-9(11(16)7-8)14(20)18-12-4-2-1-3-10(12)13(17)19/h1-7H,16H2,(H2,17,19)(H,18,20). The van der Waals surface area contributed by atoms with Crippen LogP contribution in [0, 0.1) is 5.82 Å². The highest BCUT2D eigenvalue weighted by Crippen LogP contribution is 2.18. The SMILES string of the molecule is NC(=O)c1ccccc1NC(=O)c1ccc(F)cc1N. The van der Waals surface area contributed by atoms with Crippen LogP contribution in [0.3, 0.4) is 0 Å². The van der Waals surface area contributed by atoms with Crippen molar-refractivity contribution in [2.45, 2.75) is 0 Å². The van der Waals surface area contributed by atoms with Crippen molar-refractivity contribution in [2.75, 3.05) is 11.1 Å². The van der Waals surface area contributed by atoms with Gasteiger partial charge in [0.2, 0.25) is 0 Å². The van der Waals surface area contributed by atoms with E-state index in [9.17, 15) is 14.0 Å². The molecule has 0 radical (unpaired) electrons. The van der Waals surface area contributed by atoms with Gasteiger partial charge in [-0.25, -0.2) is 4.39 Å². The number of amides is 2. The van der Waals surface area contributed by atoms with Crippen molar-refractivity contribution < 1.29 is 14.0 Å². The Balaban J connectivity index is 2.30. The van der Waals surface area contributed by atoms with Gasteiger partial charge in [0.15, 0.2) is 0 Å². The van der Waals surface area contributed by atoms with Gasteiger partial charge in [0.1, 0.15) is 5.82 Å². The lowest BCUT2D eigenvalue weighted by atomic mass is 10.1. The first-order chi connectivity index (χ1) is 9.49. The first-order valence-electron chi connectivity index (χ1n) is 5.74. The van der Waals surface area contributed by atoms with E-state index in [-0.39, 0.29) is 22.5 Å². The molecule has 0 unspecified atom stereocenters. The van der Waals surface area contributed by atoms with Gasteiger partial charge in [-0.3, -0.25) is 9.59 Å². The van der Waals surface area contributed by atoms with Crippen LogP contribution in [0.1, 0.15) is 20.7 Å². The van der Waals surface area contributed by atoms with E-state index >= 15 is 0 Å². The third-order valence-electron chi connectivity index (χ3n) is 2.70. The van der Waals surface area contributed by atoms with Gasteiger partial charge in [-0.2, -0.15) is 0 Å². The Morgan fingerprint density at radius 3 is 2.40 bits per heavy atom. The highest BCUT2D eigenvalue weighted by atomic mass is 19.1. The van der Waals surface area contributed by atoms with Crippen LogP contribution in [-0.2, 0) is 0 Å². The number of rotatable bonds is 3. The van der Waals surface area contributed by atoms with E-state index in [1.807, 2.05) is 0 Å². The molecule has 2 aromatic rings. The van der Waals surface area contributed by atoms with Gasteiger partial charge in [-0.05, 0) is 30.3 Å². The minimum absolute atomic E-state index is 0.0130. The fourth-order valence-electron chi connectivity index (χ4n) is 1.74. The molecule has 0 aromatic heterocycles. The fourth-order valence-corrected chi connectivity index (χ4v) is 1.74. The average Bonchev–Trinajstić information content (AvgIpc) is 2.38. The van der Waals surface area contributed by atoms with Crippen LogP contribution in [0.4, 0.5) is 15.8 Å². The molecule has 0 aliphatic heterocycles. The van der Waals surface area contributed by atoms with Crippen LogP contribution in [0.25, 0.3) is 0 Å². The number of anilines is 2. The molecule has 0 aliphatic rings. The summed E-state index contributed by atoms with van der Waals surface area (Å²) in [5.41, 5.74) is 11.4. The third kappa shape index (κ3) is 2.74. The van der Waals surface area contributed by atoms with Crippen molar-refractivity contribution in [1.82, 2.24) is 0 Å². The second-order valence-corrected chi connectivity index (χ2v) is 4.10. The van der Waals surface area contributed by atoms with Crippen molar-refractivity contribution in [2.24, 2.45) is 5.73 Å². The predicted octanol–water partition coefficient (Wildman–Crippen LogP) is 1.76. The molecule has 0 saturated carbocycles. The molecule has 0 spiro atoms. The Hall–Kier alpha value is -2.89. The molecule has 5 N–H and O–H groups in total. The second-order valence-electron chi connectivity index (χ2n) is 4.10. The van der Waals surface area contributed by atoms with E-state index in [2.05, 4.69) is 5.32 Å². The number of nitrogens with two attached hydrogens (primary N) is 2. The smallest absolute Gasteiger partial charge is 0.257 e. The van der Waals surface area contributed by atoms with Gasteiger partial charge >= 0.3 is 0 Å². The van der Waals surface area contributed by atoms with Crippen molar-refractivity contribution in [3.63, 3.8) is 0 Å². The number of halogens is 1. The number of carbonyl (C=O) groups is 2. The Kier molecular flexibility index (Phi) is 3.65. The molecule has 20 heavy (non-hydrogen) atoms. The highest BCUT2D eigenvalue weighted by molar-refractivity contribution is 6.10. The normalized spacial score (nSPS) is 10.1.